The molecule has 0 fully saturated rings. The lowest BCUT2D eigenvalue weighted by Crippen LogP contribution is -2.17. The molecule has 1 aromatic carbocycles. The van der Waals surface area contributed by atoms with E-state index < -0.39 is 11.6 Å². The van der Waals surface area contributed by atoms with Crippen LogP contribution in [0.15, 0.2) is 24.3 Å². The number of amides is 1. The first-order valence-corrected chi connectivity index (χ1v) is 5.85. The number of hydrogen-bond donors (Lipinski definition) is 2. The average Bonchev–Trinajstić information content (AvgIpc) is 2.75. The second-order valence-corrected chi connectivity index (χ2v) is 4.11. The molecule has 1 aromatic heterocycles. The largest absolute Gasteiger partial charge is 0.505 e. The van der Waals surface area contributed by atoms with Crippen LogP contribution in [0.5, 0.6) is 5.75 Å². The molecule has 2 aromatic rings. The van der Waals surface area contributed by atoms with Gasteiger partial charge in [0.25, 0.3) is 5.91 Å². The van der Waals surface area contributed by atoms with Crippen LogP contribution in [0, 0.1) is 12.7 Å². The third-order valence-corrected chi connectivity index (χ3v) is 2.64. The van der Waals surface area contributed by atoms with Gasteiger partial charge in [-0.15, -0.1) is 0 Å². The molecule has 0 radical (unpaired) electrons. The Labute approximate surface area is 109 Å². The molecule has 0 atom stereocenters. The van der Waals surface area contributed by atoms with Crippen molar-refractivity contribution in [3.05, 3.63) is 41.5 Å². The topological polar surface area (TPSA) is 67.2 Å². The highest BCUT2D eigenvalue weighted by Crippen LogP contribution is 2.20. The number of phenolic OH excluding ortho intramolecular Hbond substituents is 1. The lowest BCUT2D eigenvalue weighted by molar-refractivity contribution is 0.101. The average molecular weight is 263 g/mol. The SMILES string of the molecule is CCn1nc(C)cc1C(=O)Nc1ccc(O)c(F)c1. The first kappa shape index (κ1) is 13.1. The molecule has 1 heterocycles. The molecule has 0 bridgehead atoms. The molecule has 19 heavy (non-hydrogen) atoms. The first-order chi connectivity index (χ1) is 9.01. The third-order valence-electron chi connectivity index (χ3n) is 2.64. The summed E-state index contributed by atoms with van der Waals surface area (Å²) >= 11 is 0. The standard InChI is InChI=1S/C13H14FN3O2/c1-3-17-11(6-8(2)16-17)13(19)15-9-4-5-12(18)10(14)7-9/h4-7,18H,3H2,1-2H3,(H,15,19). The number of phenols is 1. The Morgan fingerprint density at radius 2 is 2.21 bits per heavy atom. The minimum Gasteiger partial charge on any atom is -0.505 e. The number of aromatic nitrogens is 2. The van der Waals surface area contributed by atoms with E-state index in [1.165, 1.54) is 12.1 Å². The summed E-state index contributed by atoms with van der Waals surface area (Å²) in [5.41, 5.74) is 1.43. The van der Waals surface area contributed by atoms with Gasteiger partial charge >= 0.3 is 0 Å². The summed E-state index contributed by atoms with van der Waals surface area (Å²) in [6, 6.07) is 5.34. The molecule has 0 aliphatic heterocycles. The predicted molar refractivity (Wildman–Crippen MR) is 68.7 cm³/mol. The molecule has 0 aliphatic carbocycles. The Morgan fingerprint density at radius 3 is 2.84 bits per heavy atom. The van der Waals surface area contributed by atoms with Crippen molar-refractivity contribution in [2.45, 2.75) is 20.4 Å². The van der Waals surface area contributed by atoms with Gasteiger partial charge in [0.05, 0.1) is 5.69 Å². The summed E-state index contributed by atoms with van der Waals surface area (Å²) < 4.78 is 14.7. The molecule has 1 amide bonds. The Kier molecular flexibility index (Phi) is 3.50. The van der Waals surface area contributed by atoms with Crippen LogP contribution < -0.4 is 5.32 Å². The van der Waals surface area contributed by atoms with E-state index in [9.17, 15) is 9.18 Å². The summed E-state index contributed by atoms with van der Waals surface area (Å²) in [5.74, 6) is -1.60. The van der Waals surface area contributed by atoms with Gasteiger partial charge in [-0.05, 0) is 32.0 Å². The van der Waals surface area contributed by atoms with Gasteiger partial charge in [0.15, 0.2) is 11.6 Å². The fraction of sp³-hybridized carbons (Fsp3) is 0.231. The number of anilines is 1. The molecule has 100 valence electrons. The lowest BCUT2D eigenvalue weighted by atomic mass is 10.2. The van der Waals surface area contributed by atoms with E-state index in [1.807, 2.05) is 6.92 Å². The molecular weight excluding hydrogens is 249 g/mol. The maximum absolute atomic E-state index is 13.2. The van der Waals surface area contributed by atoms with Crippen molar-refractivity contribution < 1.29 is 14.3 Å². The minimum absolute atomic E-state index is 0.279. The van der Waals surface area contributed by atoms with Gasteiger partial charge in [-0.2, -0.15) is 5.10 Å². The molecule has 0 saturated heterocycles. The number of rotatable bonds is 3. The number of benzene rings is 1. The third kappa shape index (κ3) is 2.73. The van der Waals surface area contributed by atoms with E-state index in [4.69, 9.17) is 5.11 Å². The van der Waals surface area contributed by atoms with Crippen LogP contribution in [-0.2, 0) is 6.54 Å². The Bertz CT molecular complexity index is 622. The monoisotopic (exact) mass is 263 g/mol. The smallest absolute Gasteiger partial charge is 0.273 e. The normalized spacial score (nSPS) is 10.5. The van der Waals surface area contributed by atoms with Gasteiger partial charge in [0.2, 0.25) is 0 Å². The van der Waals surface area contributed by atoms with Crippen LogP contribution in [0.3, 0.4) is 0 Å². The highest BCUT2D eigenvalue weighted by Gasteiger charge is 2.13. The van der Waals surface area contributed by atoms with Crippen molar-refractivity contribution in [1.82, 2.24) is 9.78 Å². The minimum atomic E-state index is -0.780. The second kappa shape index (κ2) is 5.09. The van der Waals surface area contributed by atoms with Gasteiger partial charge in [-0.25, -0.2) is 4.39 Å². The summed E-state index contributed by atoms with van der Waals surface area (Å²) in [5, 5.41) is 15.8. The molecule has 0 unspecified atom stereocenters. The van der Waals surface area contributed by atoms with Crippen molar-refractivity contribution in [1.29, 1.82) is 0 Å². The predicted octanol–water partition coefficient (Wildman–Crippen LogP) is 2.31. The van der Waals surface area contributed by atoms with Crippen molar-refractivity contribution in [3.8, 4) is 5.75 Å². The number of carbonyl (C=O) groups excluding carboxylic acids is 1. The van der Waals surface area contributed by atoms with Crippen molar-refractivity contribution in [3.63, 3.8) is 0 Å². The molecule has 5 nitrogen and oxygen atoms in total. The van der Waals surface area contributed by atoms with Gasteiger partial charge in [0, 0.05) is 18.3 Å². The summed E-state index contributed by atoms with van der Waals surface area (Å²) in [6.45, 7) is 4.24. The molecule has 0 spiro atoms. The number of nitrogens with one attached hydrogen (secondary N) is 1. The number of hydrogen-bond acceptors (Lipinski definition) is 3. The van der Waals surface area contributed by atoms with Crippen LogP contribution in [0.1, 0.15) is 23.1 Å². The van der Waals surface area contributed by atoms with E-state index in [0.29, 0.717) is 12.2 Å². The van der Waals surface area contributed by atoms with Gasteiger partial charge in [-0.3, -0.25) is 9.48 Å². The summed E-state index contributed by atoms with van der Waals surface area (Å²) in [4.78, 5) is 12.0. The summed E-state index contributed by atoms with van der Waals surface area (Å²) in [7, 11) is 0. The lowest BCUT2D eigenvalue weighted by Gasteiger charge is -2.07. The fourth-order valence-electron chi connectivity index (χ4n) is 1.75. The first-order valence-electron chi connectivity index (χ1n) is 5.85. The van der Waals surface area contributed by atoms with E-state index in [2.05, 4.69) is 10.4 Å². The molecule has 6 heteroatoms. The maximum atomic E-state index is 13.2. The zero-order valence-corrected chi connectivity index (χ0v) is 10.6. The highest BCUT2D eigenvalue weighted by atomic mass is 19.1. The maximum Gasteiger partial charge on any atom is 0.273 e. The molecule has 0 aliphatic rings. The van der Waals surface area contributed by atoms with E-state index in [1.54, 1.807) is 17.7 Å². The van der Waals surface area contributed by atoms with Crippen LogP contribution >= 0.6 is 0 Å². The van der Waals surface area contributed by atoms with E-state index in [0.717, 1.165) is 11.8 Å². The molecule has 2 rings (SSSR count). The molecule has 0 saturated carbocycles. The van der Waals surface area contributed by atoms with Crippen molar-refractivity contribution in [2.24, 2.45) is 0 Å². The molecule has 2 N–H and O–H groups in total. The Hall–Kier alpha value is -2.37. The van der Waals surface area contributed by atoms with Crippen LogP contribution in [0.25, 0.3) is 0 Å². The number of carbonyl (C=O) groups is 1. The van der Waals surface area contributed by atoms with Crippen LogP contribution in [0.4, 0.5) is 10.1 Å². The number of aromatic hydroxyl groups is 1. The number of aryl methyl sites for hydroxylation is 2. The zero-order chi connectivity index (χ0) is 14.0. The quantitative estimate of drug-likeness (QED) is 0.835. The Morgan fingerprint density at radius 1 is 1.47 bits per heavy atom. The number of nitrogens with zero attached hydrogens (tertiary/aromatic N) is 2. The highest BCUT2D eigenvalue weighted by molar-refractivity contribution is 6.03. The van der Waals surface area contributed by atoms with Crippen molar-refractivity contribution >= 4 is 11.6 Å². The van der Waals surface area contributed by atoms with Gasteiger partial charge in [0.1, 0.15) is 5.69 Å². The van der Waals surface area contributed by atoms with Crippen LogP contribution in [0.2, 0.25) is 0 Å². The Balaban J connectivity index is 2.22. The van der Waals surface area contributed by atoms with Crippen molar-refractivity contribution in [2.75, 3.05) is 5.32 Å². The summed E-state index contributed by atoms with van der Waals surface area (Å²) in [6.07, 6.45) is 0. The number of halogens is 1. The van der Waals surface area contributed by atoms with E-state index >= 15 is 0 Å². The fourth-order valence-corrected chi connectivity index (χ4v) is 1.75. The van der Waals surface area contributed by atoms with E-state index in [-0.39, 0.29) is 11.6 Å². The van der Waals surface area contributed by atoms with Gasteiger partial charge < -0.3 is 10.4 Å². The van der Waals surface area contributed by atoms with Crippen LogP contribution in [-0.4, -0.2) is 20.8 Å². The second-order valence-electron chi connectivity index (χ2n) is 4.11. The zero-order valence-electron chi connectivity index (χ0n) is 10.6. The molecular formula is C13H14FN3O2. The van der Waals surface area contributed by atoms with Gasteiger partial charge in [-0.1, -0.05) is 0 Å².